The molecule has 0 bridgehead atoms. The van der Waals surface area contributed by atoms with Gasteiger partial charge in [-0.25, -0.2) is 0 Å². The van der Waals surface area contributed by atoms with E-state index in [9.17, 15) is 8.78 Å². The Morgan fingerprint density at radius 3 is 2.14 bits per heavy atom. The summed E-state index contributed by atoms with van der Waals surface area (Å²) in [5.74, 6) is 0.100. The summed E-state index contributed by atoms with van der Waals surface area (Å²) in [4.78, 5) is 0. The second-order valence-electron chi connectivity index (χ2n) is 4.41. The summed E-state index contributed by atoms with van der Waals surface area (Å²) < 4.78 is 38.4. The largest absolute Gasteiger partial charge is 0.493 e. The Kier molecular flexibility index (Phi) is 4.94. The summed E-state index contributed by atoms with van der Waals surface area (Å²) in [5, 5.41) is 0.466. The first-order valence-corrected chi connectivity index (χ1v) is 6.95. The number of benzene rings is 2. The number of para-hydroxylation sites is 2. The van der Waals surface area contributed by atoms with E-state index < -0.39 is 11.7 Å². The predicted octanol–water partition coefficient (Wildman–Crippen LogP) is 5.69. The van der Waals surface area contributed by atoms with Gasteiger partial charge in [0.2, 0.25) is 0 Å². The van der Waals surface area contributed by atoms with Gasteiger partial charge >= 0.3 is 6.11 Å². The van der Waals surface area contributed by atoms with Gasteiger partial charge in [0.05, 0.1) is 12.7 Å². The molecule has 0 amide bonds. The van der Waals surface area contributed by atoms with Crippen molar-refractivity contribution >= 4 is 28.8 Å². The van der Waals surface area contributed by atoms with Crippen LogP contribution in [0.4, 0.5) is 8.78 Å². The standard InChI is InChI=1S/C16H12Cl2F2O2/c1-10(11-7-12(17)9-13(18)8-11)16(19,20)22-15-6-4-3-5-14(15)21-2/h3-9H,1H2,2H3. The molecule has 22 heavy (non-hydrogen) atoms. The van der Waals surface area contributed by atoms with Gasteiger partial charge in [0.15, 0.2) is 11.5 Å². The zero-order chi connectivity index (χ0) is 16.3. The second-order valence-corrected chi connectivity index (χ2v) is 5.28. The van der Waals surface area contributed by atoms with E-state index >= 15 is 0 Å². The topological polar surface area (TPSA) is 18.5 Å². The lowest BCUT2D eigenvalue weighted by atomic mass is 10.1. The van der Waals surface area contributed by atoms with E-state index in [0.717, 1.165) is 0 Å². The Morgan fingerprint density at radius 2 is 1.59 bits per heavy atom. The average Bonchev–Trinajstić information content (AvgIpc) is 2.45. The van der Waals surface area contributed by atoms with E-state index in [4.69, 9.17) is 32.7 Å². The van der Waals surface area contributed by atoms with Gasteiger partial charge in [0.25, 0.3) is 0 Å². The summed E-state index contributed by atoms with van der Waals surface area (Å²) in [7, 11) is 1.37. The summed E-state index contributed by atoms with van der Waals surface area (Å²) in [6.45, 7) is 3.40. The molecule has 0 saturated carbocycles. The molecule has 6 heteroatoms. The van der Waals surface area contributed by atoms with Gasteiger partial charge in [0, 0.05) is 10.0 Å². The lowest BCUT2D eigenvalue weighted by Crippen LogP contribution is -2.26. The van der Waals surface area contributed by atoms with Gasteiger partial charge in [-0.05, 0) is 35.9 Å². The fourth-order valence-corrected chi connectivity index (χ4v) is 2.32. The summed E-state index contributed by atoms with van der Waals surface area (Å²) in [6.07, 6.45) is -3.65. The molecule has 2 rings (SSSR count). The van der Waals surface area contributed by atoms with Crippen molar-refractivity contribution in [1.82, 2.24) is 0 Å². The second kappa shape index (κ2) is 6.55. The molecule has 0 atom stereocenters. The number of alkyl halides is 2. The van der Waals surface area contributed by atoms with Crippen molar-refractivity contribution in [1.29, 1.82) is 0 Å². The van der Waals surface area contributed by atoms with Crippen molar-refractivity contribution in [2.45, 2.75) is 6.11 Å². The Morgan fingerprint density at radius 1 is 1.05 bits per heavy atom. The molecule has 0 aliphatic rings. The number of hydrogen-bond acceptors (Lipinski definition) is 2. The molecular weight excluding hydrogens is 333 g/mol. The molecule has 0 aromatic heterocycles. The monoisotopic (exact) mass is 344 g/mol. The molecule has 0 aliphatic carbocycles. The van der Waals surface area contributed by atoms with Crippen molar-refractivity contribution < 1.29 is 18.3 Å². The van der Waals surface area contributed by atoms with Crippen LogP contribution in [-0.2, 0) is 0 Å². The molecule has 2 aromatic rings. The Bertz CT molecular complexity index is 682. The number of hydrogen-bond donors (Lipinski definition) is 0. The lowest BCUT2D eigenvalue weighted by molar-refractivity contribution is -0.122. The van der Waals surface area contributed by atoms with Crippen LogP contribution in [0.25, 0.3) is 5.57 Å². The third kappa shape index (κ3) is 3.70. The highest BCUT2D eigenvalue weighted by molar-refractivity contribution is 6.34. The molecular formula is C16H12Cl2F2O2. The maximum atomic E-state index is 14.3. The van der Waals surface area contributed by atoms with E-state index in [1.165, 1.54) is 37.4 Å². The van der Waals surface area contributed by atoms with Crippen LogP contribution >= 0.6 is 23.2 Å². The van der Waals surface area contributed by atoms with Crippen molar-refractivity contribution in [3.63, 3.8) is 0 Å². The van der Waals surface area contributed by atoms with Crippen LogP contribution in [-0.4, -0.2) is 13.2 Å². The lowest BCUT2D eigenvalue weighted by Gasteiger charge is -2.21. The minimum atomic E-state index is -3.65. The normalized spacial score (nSPS) is 11.1. The van der Waals surface area contributed by atoms with Crippen LogP contribution < -0.4 is 9.47 Å². The highest BCUT2D eigenvalue weighted by atomic mass is 35.5. The molecule has 0 unspecified atom stereocenters. The van der Waals surface area contributed by atoms with Crippen LogP contribution in [0.2, 0.25) is 10.0 Å². The van der Waals surface area contributed by atoms with Crippen LogP contribution in [0, 0.1) is 0 Å². The third-order valence-electron chi connectivity index (χ3n) is 2.87. The van der Waals surface area contributed by atoms with E-state index in [1.807, 2.05) is 0 Å². The fraction of sp³-hybridized carbons (Fsp3) is 0.125. The SMILES string of the molecule is C=C(c1cc(Cl)cc(Cl)c1)C(F)(F)Oc1ccccc1OC. The molecule has 0 saturated heterocycles. The highest BCUT2D eigenvalue weighted by Crippen LogP contribution is 2.38. The molecule has 2 aromatic carbocycles. The predicted molar refractivity (Wildman–Crippen MR) is 84.1 cm³/mol. The highest BCUT2D eigenvalue weighted by Gasteiger charge is 2.37. The van der Waals surface area contributed by atoms with Crippen LogP contribution in [0.3, 0.4) is 0 Å². The first-order chi connectivity index (χ1) is 10.3. The van der Waals surface area contributed by atoms with Crippen molar-refractivity contribution in [2.24, 2.45) is 0 Å². The maximum Gasteiger partial charge on any atom is 0.426 e. The van der Waals surface area contributed by atoms with Crippen molar-refractivity contribution in [3.05, 3.63) is 64.7 Å². The van der Waals surface area contributed by atoms with E-state index in [0.29, 0.717) is 0 Å². The number of ether oxygens (including phenoxy) is 2. The van der Waals surface area contributed by atoms with Gasteiger partial charge in [-0.15, -0.1) is 0 Å². The first-order valence-electron chi connectivity index (χ1n) is 6.19. The van der Waals surface area contributed by atoms with E-state index in [2.05, 4.69) is 6.58 Å². The average molecular weight is 345 g/mol. The van der Waals surface area contributed by atoms with E-state index in [-0.39, 0.29) is 27.1 Å². The number of halogens is 4. The number of rotatable bonds is 5. The molecule has 0 spiro atoms. The third-order valence-corrected chi connectivity index (χ3v) is 3.31. The van der Waals surface area contributed by atoms with Gasteiger partial charge in [-0.1, -0.05) is 41.9 Å². The molecule has 0 N–H and O–H groups in total. The minimum absolute atomic E-state index is 0.0933. The van der Waals surface area contributed by atoms with Crippen molar-refractivity contribution in [3.8, 4) is 11.5 Å². The van der Waals surface area contributed by atoms with Gasteiger partial charge in [-0.3, -0.25) is 0 Å². The molecule has 0 heterocycles. The Labute approximate surface area is 136 Å². The van der Waals surface area contributed by atoms with Gasteiger partial charge in [0.1, 0.15) is 0 Å². The minimum Gasteiger partial charge on any atom is -0.493 e. The van der Waals surface area contributed by atoms with Gasteiger partial charge < -0.3 is 9.47 Å². The Balaban J connectivity index is 2.31. The van der Waals surface area contributed by atoms with Crippen LogP contribution in [0.5, 0.6) is 11.5 Å². The Hall–Kier alpha value is -1.78. The zero-order valence-corrected chi connectivity index (χ0v) is 13.1. The maximum absolute atomic E-state index is 14.3. The van der Waals surface area contributed by atoms with Crippen LogP contribution in [0.15, 0.2) is 49.0 Å². The first kappa shape index (κ1) is 16.6. The molecule has 0 fully saturated rings. The summed E-state index contributed by atoms with van der Waals surface area (Å²) in [5.41, 5.74) is -0.458. The fourth-order valence-electron chi connectivity index (χ4n) is 1.80. The molecule has 0 radical (unpaired) electrons. The molecule has 116 valence electrons. The van der Waals surface area contributed by atoms with Crippen LogP contribution in [0.1, 0.15) is 5.56 Å². The summed E-state index contributed by atoms with van der Waals surface area (Å²) >= 11 is 11.6. The van der Waals surface area contributed by atoms with Gasteiger partial charge in [-0.2, -0.15) is 8.78 Å². The van der Waals surface area contributed by atoms with E-state index in [1.54, 1.807) is 12.1 Å². The van der Waals surface area contributed by atoms with Crippen molar-refractivity contribution in [2.75, 3.05) is 7.11 Å². The molecule has 2 nitrogen and oxygen atoms in total. The smallest absolute Gasteiger partial charge is 0.426 e. The molecule has 0 aliphatic heterocycles. The summed E-state index contributed by atoms with van der Waals surface area (Å²) in [6, 6.07) is 10.2. The zero-order valence-electron chi connectivity index (χ0n) is 11.6. The quantitative estimate of drug-likeness (QED) is 0.693. The number of methoxy groups -OCH3 is 1.